The number of fused-ring (bicyclic) bond motifs is 12. The van der Waals surface area contributed by atoms with E-state index in [-0.39, 0.29) is 22.2 Å². The lowest BCUT2D eigenvalue weighted by molar-refractivity contribution is 0.649. The number of hydrogen-bond acceptors (Lipinski definition) is 0. The second kappa shape index (κ2) is 15.0. The molecule has 0 saturated carbocycles. The fourth-order valence-electron chi connectivity index (χ4n) is 13.5. The third kappa shape index (κ3) is 5.99. The molecule has 1 unspecified atom stereocenters. The Labute approximate surface area is 417 Å². The van der Waals surface area contributed by atoms with Crippen molar-refractivity contribution in [2.45, 2.75) is 63.7 Å². The van der Waals surface area contributed by atoms with Crippen molar-refractivity contribution in [3.05, 3.63) is 268 Å². The molecule has 0 aliphatic heterocycles. The lowest BCUT2D eigenvalue weighted by Gasteiger charge is -2.27. The second-order valence-corrected chi connectivity index (χ2v) is 22.0. The zero-order valence-electron chi connectivity index (χ0n) is 41.3. The van der Waals surface area contributed by atoms with Gasteiger partial charge in [-0.05, 0) is 142 Å². The lowest BCUT2D eigenvalue weighted by Crippen LogP contribution is -2.19. The molecule has 1 atom stereocenters. The first-order valence-corrected chi connectivity index (χ1v) is 25.4. The molecule has 0 bridgehead atoms. The van der Waals surface area contributed by atoms with Crippen molar-refractivity contribution in [2.24, 2.45) is 0 Å². The van der Waals surface area contributed by atoms with Gasteiger partial charge in [-0.2, -0.15) is 0 Å². The standard InChI is InChI=1S/C70H55N/c1-68(2)58-26-16-13-23-50(58)51-35-33-47(38-59(51)68)66(46-31-29-45(30-32-46)43-19-9-7-10-20-43)48-34-36-52-55-41-62-56(42-61(55)69(3,4)60(52)39-48)57-37-49(44-21-11-8-12-22-44)40-65(67(57)70(62,5)6)71-63-27-17-14-24-53(63)54-25-15-18-28-64(54)71/h7-42,66H,1-6H3. The molecular formula is C70H55N. The van der Waals surface area contributed by atoms with Crippen molar-refractivity contribution in [1.82, 2.24) is 4.57 Å². The summed E-state index contributed by atoms with van der Waals surface area (Å²) < 4.78 is 2.55. The maximum Gasteiger partial charge on any atom is 0.0541 e. The third-order valence-electron chi connectivity index (χ3n) is 17.1. The SMILES string of the molecule is CC1(C)c2ccccc2-c2ccc(C(c3ccc(-c4ccccc4)cc3)c3ccc4c(c3)C(C)(C)c3cc5c(cc3-4)C(C)(C)c3c-5cc(-c4ccccc4)cc3-n3c4ccccc4c4ccccc43)cc21. The zero-order chi connectivity index (χ0) is 48.0. The van der Waals surface area contributed by atoms with Crippen LogP contribution in [0, 0.1) is 0 Å². The monoisotopic (exact) mass is 909 g/mol. The van der Waals surface area contributed by atoms with Crippen LogP contribution < -0.4 is 0 Å². The van der Waals surface area contributed by atoms with Gasteiger partial charge in [0.15, 0.2) is 0 Å². The third-order valence-corrected chi connectivity index (χ3v) is 17.1. The molecule has 0 spiro atoms. The summed E-state index contributed by atoms with van der Waals surface area (Å²) in [6.07, 6.45) is 0. The topological polar surface area (TPSA) is 4.93 Å². The Morgan fingerprint density at radius 3 is 1.35 bits per heavy atom. The Hall–Kier alpha value is -8.00. The van der Waals surface area contributed by atoms with E-state index in [1.54, 1.807) is 0 Å². The Balaban J connectivity index is 0.933. The van der Waals surface area contributed by atoms with Gasteiger partial charge in [-0.3, -0.25) is 0 Å². The molecule has 0 saturated heterocycles. The molecule has 3 aliphatic rings. The minimum atomic E-state index is -0.276. The Bertz CT molecular complexity index is 3940. The maximum atomic E-state index is 2.59. The zero-order valence-corrected chi connectivity index (χ0v) is 41.3. The van der Waals surface area contributed by atoms with E-state index in [1.165, 1.54) is 133 Å². The van der Waals surface area contributed by atoms with Crippen LogP contribution in [0.1, 0.15) is 97.5 Å². The maximum absolute atomic E-state index is 2.59. The number of nitrogens with zero attached hydrogens (tertiary/aromatic N) is 1. The fourth-order valence-corrected chi connectivity index (χ4v) is 13.5. The predicted molar refractivity (Wildman–Crippen MR) is 298 cm³/mol. The molecule has 14 rings (SSSR count). The molecule has 0 N–H and O–H groups in total. The molecular weight excluding hydrogens is 855 g/mol. The van der Waals surface area contributed by atoms with Gasteiger partial charge in [0, 0.05) is 32.9 Å². The molecule has 1 heteroatoms. The van der Waals surface area contributed by atoms with E-state index in [2.05, 4.69) is 264 Å². The Morgan fingerprint density at radius 2 is 0.732 bits per heavy atom. The van der Waals surface area contributed by atoms with Crippen LogP contribution in [0.3, 0.4) is 0 Å². The molecule has 1 aromatic heterocycles. The predicted octanol–water partition coefficient (Wildman–Crippen LogP) is 18.2. The Kier molecular flexibility index (Phi) is 8.86. The number of para-hydroxylation sites is 2. The smallest absolute Gasteiger partial charge is 0.0541 e. The largest absolute Gasteiger partial charge is 0.309 e. The summed E-state index contributed by atoms with van der Waals surface area (Å²) in [5.41, 5.74) is 28.5. The number of rotatable bonds is 6. The second-order valence-electron chi connectivity index (χ2n) is 22.0. The fraction of sp³-hybridized carbons (Fsp3) is 0.143. The molecule has 0 radical (unpaired) electrons. The van der Waals surface area contributed by atoms with E-state index in [9.17, 15) is 0 Å². The quantitative estimate of drug-likeness (QED) is 0.147. The van der Waals surface area contributed by atoms with Crippen LogP contribution in [-0.2, 0) is 16.2 Å². The van der Waals surface area contributed by atoms with Gasteiger partial charge in [0.2, 0.25) is 0 Å². The summed E-state index contributed by atoms with van der Waals surface area (Å²) in [6, 6.07) is 82.8. The molecule has 1 heterocycles. The van der Waals surface area contributed by atoms with Gasteiger partial charge in [-0.1, -0.05) is 224 Å². The highest BCUT2D eigenvalue weighted by molar-refractivity contribution is 6.10. The summed E-state index contributed by atoms with van der Waals surface area (Å²) in [6.45, 7) is 14.6. The van der Waals surface area contributed by atoms with Gasteiger partial charge in [0.05, 0.1) is 16.7 Å². The van der Waals surface area contributed by atoms with E-state index < -0.39 is 0 Å². The van der Waals surface area contributed by atoms with Crippen molar-refractivity contribution in [1.29, 1.82) is 0 Å². The van der Waals surface area contributed by atoms with E-state index in [4.69, 9.17) is 0 Å². The van der Waals surface area contributed by atoms with Crippen molar-refractivity contribution < 1.29 is 0 Å². The van der Waals surface area contributed by atoms with Gasteiger partial charge < -0.3 is 4.57 Å². The number of benzene rings is 10. The average Bonchev–Trinajstić information content (AvgIpc) is 4.02. The van der Waals surface area contributed by atoms with Crippen LogP contribution >= 0.6 is 0 Å². The van der Waals surface area contributed by atoms with Gasteiger partial charge in [0.1, 0.15) is 0 Å². The number of aromatic nitrogens is 1. The van der Waals surface area contributed by atoms with Gasteiger partial charge in [-0.25, -0.2) is 0 Å². The van der Waals surface area contributed by atoms with Crippen molar-refractivity contribution in [3.8, 4) is 61.3 Å². The van der Waals surface area contributed by atoms with E-state index in [0.717, 1.165) is 0 Å². The van der Waals surface area contributed by atoms with Crippen molar-refractivity contribution in [3.63, 3.8) is 0 Å². The Morgan fingerprint density at radius 1 is 0.296 bits per heavy atom. The summed E-state index contributed by atoms with van der Waals surface area (Å²) in [7, 11) is 0. The number of hydrogen-bond donors (Lipinski definition) is 0. The molecule has 1 nitrogen and oxygen atoms in total. The lowest BCUT2D eigenvalue weighted by atomic mass is 9.77. The molecule has 11 aromatic rings. The minimum Gasteiger partial charge on any atom is -0.309 e. The molecule has 71 heavy (non-hydrogen) atoms. The van der Waals surface area contributed by atoms with Crippen LogP contribution in [-0.4, -0.2) is 4.57 Å². The van der Waals surface area contributed by atoms with Gasteiger partial charge >= 0.3 is 0 Å². The minimum absolute atomic E-state index is 0.0425. The first kappa shape index (κ1) is 41.9. The highest BCUT2D eigenvalue weighted by Gasteiger charge is 2.44. The summed E-state index contributed by atoms with van der Waals surface area (Å²) >= 11 is 0. The van der Waals surface area contributed by atoms with Crippen LogP contribution in [0.4, 0.5) is 0 Å². The van der Waals surface area contributed by atoms with Crippen LogP contribution in [0.15, 0.2) is 218 Å². The normalized spacial score (nSPS) is 15.5. The summed E-state index contributed by atoms with van der Waals surface area (Å²) in [5, 5.41) is 2.56. The molecule has 0 fully saturated rings. The molecule has 3 aliphatic carbocycles. The first-order chi connectivity index (χ1) is 34.5. The van der Waals surface area contributed by atoms with Crippen molar-refractivity contribution >= 4 is 21.8 Å². The van der Waals surface area contributed by atoms with Crippen LogP contribution in [0.25, 0.3) is 83.1 Å². The van der Waals surface area contributed by atoms with E-state index in [0.29, 0.717) is 0 Å². The highest BCUT2D eigenvalue weighted by atomic mass is 15.0. The molecule has 340 valence electrons. The summed E-state index contributed by atoms with van der Waals surface area (Å²) in [5.74, 6) is 0.0425. The highest BCUT2D eigenvalue weighted by Crippen LogP contribution is 2.59. The van der Waals surface area contributed by atoms with Gasteiger partial charge in [-0.15, -0.1) is 0 Å². The van der Waals surface area contributed by atoms with E-state index >= 15 is 0 Å². The van der Waals surface area contributed by atoms with Gasteiger partial charge in [0.25, 0.3) is 0 Å². The van der Waals surface area contributed by atoms with Crippen molar-refractivity contribution in [2.75, 3.05) is 0 Å². The van der Waals surface area contributed by atoms with Crippen LogP contribution in [0.2, 0.25) is 0 Å². The first-order valence-electron chi connectivity index (χ1n) is 25.4. The molecule has 0 amide bonds. The van der Waals surface area contributed by atoms with E-state index in [1.807, 2.05) is 0 Å². The summed E-state index contributed by atoms with van der Waals surface area (Å²) in [4.78, 5) is 0. The molecule has 10 aromatic carbocycles. The average molecular weight is 910 g/mol. The van der Waals surface area contributed by atoms with Crippen LogP contribution in [0.5, 0.6) is 0 Å².